The first-order valence-electron chi connectivity index (χ1n) is 13.4. The molecule has 0 spiro atoms. The Hall–Kier alpha value is -3.26. The minimum atomic E-state index is -1.04. The normalized spacial score (nSPS) is 12.8. The zero-order chi connectivity index (χ0) is 29.3. The number of nitrogens with one attached hydrogen (secondary N) is 2. The van der Waals surface area contributed by atoms with Gasteiger partial charge < -0.3 is 25.4 Å². The molecule has 0 fully saturated rings. The average Bonchev–Trinajstić information content (AvgIpc) is 2.83. The van der Waals surface area contributed by atoms with Crippen molar-refractivity contribution in [3.8, 4) is 5.75 Å². The van der Waals surface area contributed by atoms with Crippen molar-refractivity contribution in [1.82, 2.24) is 10.2 Å². The maximum Gasteiger partial charge on any atom is 0.408 e. The third kappa shape index (κ3) is 9.46. The van der Waals surface area contributed by atoms with Gasteiger partial charge in [-0.05, 0) is 82.9 Å². The molecule has 2 aromatic carbocycles. The van der Waals surface area contributed by atoms with Crippen LogP contribution < -0.4 is 10.6 Å². The van der Waals surface area contributed by atoms with E-state index in [-0.39, 0.29) is 5.75 Å². The fourth-order valence-corrected chi connectivity index (χ4v) is 4.44. The zero-order valence-electron chi connectivity index (χ0n) is 24.1. The Morgan fingerprint density at radius 1 is 1.05 bits per heavy atom. The summed E-state index contributed by atoms with van der Waals surface area (Å²) < 4.78 is 5.34. The maximum atomic E-state index is 13.9. The lowest BCUT2D eigenvalue weighted by molar-refractivity contribution is -0.140. The number of carbonyl (C=O) groups is 3. The van der Waals surface area contributed by atoms with Crippen LogP contribution in [-0.2, 0) is 14.3 Å². The first-order chi connectivity index (χ1) is 18.2. The molecule has 2 aromatic rings. The fourth-order valence-electron chi connectivity index (χ4n) is 4.17. The van der Waals surface area contributed by atoms with Crippen LogP contribution in [0.15, 0.2) is 36.4 Å². The molecule has 214 valence electrons. The number of aromatic hydroxyl groups is 1. The SMILES string of the molecule is CCCCCCN(C(=O)C(C)NC(=O)OC(C)(C)C)C(C(=O)Nc1c(C)cccc1Cl)c1ccc(O)c(C)c1. The molecule has 9 heteroatoms. The molecule has 8 nitrogen and oxygen atoms in total. The van der Waals surface area contributed by atoms with Gasteiger partial charge in [0.2, 0.25) is 5.91 Å². The largest absolute Gasteiger partial charge is 0.508 e. The van der Waals surface area contributed by atoms with Crippen molar-refractivity contribution in [2.75, 3.05) is 11.9 Å². The Kier molecular flexibility index (Phi) is 11.6. The number of alkyl carbamates (subject to hydrolysis) is 1. The van der Waals surface area contributed by atoms with Crippen LogP contribution in [0.3, 0.4) is 0 Å². The highest BCUT2D eigenvalue weighted by atomic mass is 35.5. The van der Waals surface area contributed by atoms with Gasteiger partial charge in [-0.25, -0.2) is 4.79 Å². The number of benzene rings is 2. The second-order valence-corrected chi connectivity index (χ2v) is 11.2. The summed E-state index contributed by atoms with van der Waals surface area (Å²) in [6.45, 7) is 12.7. The molecule has 2 atom stereocenters. The minimum absolute atomic E-state index is 0.0839. The van der Waals surface area contributed by atoms with Gasteiger partial charge in [0.15, 0.2) is 0 Å². The van der Waals surface area contributed by atoms with Crippen LogP contribution in [-0.4, -0.2) is 46.1 Å². The van der Waals surface area contributed by atoms with Gasteiger partial charge in [-0.2, -0.15) is 0 Å². The Morgan fingerprint density at radius 3 is 2.33 bits per heavy atom. The van der Waals surface area contributed by atoms with Crippen LogP contribution in [0.1, 0.15) is 83.0 Å². The van der Waals surface area contributed by atoms with E-state index in [1.165, 1.54) is 11.0 Å². The Labute approximate surface area is 237 Å². The fraction of sp³-hybridized carbons (Fsp3) is 0.500. The van der Waals surface area contributed by atoms with Crippen LogP contribution in [0.25, 0.3) is 0 Å². The summed E-state index contributed by atoms with van der Waals surface area (Å²) in [6, 6.07) is 8.14. The monoisotopic (exact) mass is 559 g/mol. The van der Waals surface area contributed by atoms with Gasteiger partial charge in [0.1, 0.15) is 23.4 Å². The molecule has 2 rings (SSSR count). The Balaban J connectivity index is 2.51. The highest BCUT2D eigenvalue weighted by Gasteiger charge is 2.35. The highest BCUT2D eigenvalue weighted by Crippen LogP contribution is 2.31. The van der Waals surface area contributed by atoms with E-state index in [0.717, 1.165) is 24.8 Å². The van der Waals surface area contributed by atoms with Crippen LogP contribution in [0.4, 0.5) is 10.5 Å². The topological polar surface area (TPSA) is 108 Å². The smallest absolute Gasteiger partial charge is 0.408 e. The standard InChI is InChI=1S/C30H42ClN3O5/c1-8-9-10-11-17-34(28(37)21(4)32-29(38)39-30(5,6)7)26(22-15-16-24(35)20(3)18-22)27(36)33-25-19(2)13-12-14-23(25)31/h12-16,18,21,26,35H,8-11,17H2,1-7H3,(H,32,38)(H,33,36). The summed E-state index contributed by atoms with van der Waals surface area (Å²) in [5.41, 5.74) is 1.60. The predicted octanol–water partition coefficient (Wildman–Crippen LogP) is 6.66. The van der Waals surface area contributed by atoms with Gasteiger partial charge in [-0.3, -0.25) is 9.59 Å². The van der Waals surface area contributed by atoms with Gasteiger partial charge >= 0.3 is 6.09 Å². The average molecular weight is 560 g/mol. The highest BCUT2D eigenvalue weighted by molar-refractivity contribution is 6.34. The Morgan fingerprint density at radius 2 is 1.74 bits per heavy atom. The number of nitrogens with zero attached hydrogens (tertiary/aromatic N) is 1. The number of phenolic OH excluding ortho intramolecular Hbond substituents is 1. The summed E-state index contributed by atoms with van der Waals surface area (Å²) in [5.74, 6) is -0.802. The van der Waals surface area contributed by atoms with Crippen molar-refractivity contribution in [2.24, 2.45) is 0 Å². The quantitative estimate of drug-likeness (QED) is 0.267. The number of rotatable bonds is 11. The molecular formula is C30H42ClN3O5. The van der Waals surface area contributed by atoms with Crippen LogP contribution in [0.5, 0.6) is 5.75 Å². The minimum Gasteiger partial charge on any atom is -0.508 e. The molecule has 0 aliphatic heterocycles. The number of hydrogen-bond donors (Lipinski definition) is 3. The molecule has 2 unspecified atom stereocenters. The molecule has 0 saturated heterocycles. The number of para-hydroxylation sites is 1. The van der Waals surface area contributed by atoms with Gasteiger partial charge in [0.25, 0.3) is 5.91 Å². The van der Waals surface area contributed by atoms with Crippen LogP contribution in [0, 0.1) is 13.8 Å². The number of hydrogen-bond acceptors (Lipinski definition) is 5. The summed E-state index contributed by atoms with van der Waals surface area (Å²) in [5, 5.41) is 16.0. The van der Waals surface area contributed by atoms with Crippen molar-refractivity contribution in [2.45, 2.75) is 91.8 Å². The van der Waals surface area contributed by atoms with Crippen molar-refractivity contribution in [3.05, 3.63) is 58.1 Å². The molecule has 0 aliphatic carbocycles. The first kappa shape index (κ1) is 32.0. The molecule has 3 N–H and O–H groups in total. The van der Waals surface area contributed by atoms with Crippen molar-refractivity contribution >= 4 is 35.2 Å². The number of halogens is 1. The van der Waals surface area contributed by atoms with E-state index in [1.807, 2.05) is 13.0 Å². The lowest BCUT2D eigenvalue weighted by Crippen LogP contribution is -2.51. The second kappa shape index (κ2) is 14.2. The molecule has 0 heterocycles. The number of amides is 3. The number of phenols is 1. The van der Waals surface area contributed by atoms with Crippen molar-refractivity contribution < 1.29 is 24.2 Å². The predicted molar refractivity (Wildman–Crippen MR) is 155 cm³/mol. The van der Waals surface area contributed by atoms with Gasteiger partial charge in [-0.1, -0.05) is 56.0 Å². The number of unbranched alkanes of at least 4 members (excludes halogenated alkanes) is 3. The number of anilines is 1. The zero-order valence-corrected chi connectivity index (χ0v) is 24.8. The maximum absolute atomic E-state index is 13.9. The van der Waals surface area contributed by atoms with E-state index in [1.54, 1.807) is 58.9 Å². The summed E-state index contributed by atoms with van der Waals surface area (Å²) in [6.07, 6.45) is 2.83. The molecule has 0 radical (unpaired) electrons. The Bertz CT molecular complexity index is 1140. The van der Waals surface area contributed by atoms with E-state index in [4.69, 9.17) is 16.3 Å². The molecule has 39 heavy (non-hydrogen) atoms. The molecular weight excluding hydrogens is 518 g/mol. The molecule has 0 bridgehead atoms. The summed E-state index contributed by atoms with van der Waals surface area (Å²) >= 11 is 6.40. The van der Waals surface area contributed by atoms with Gasteiger partial charge in [-0.15, -0.1) is 0 Å². The molecule has 0 aliphatic rings. The number of carbonyl (C=O) groups excluding carboxylic acids is 3. The molecule has 0 saturated carbocycles. The van der Waals surface area contributed by atoms with Crippen molar-refractivity contribution in [3.63, 3.8) is 0 Å². The van der Waals surface area contributed by atoms with E-state index >= 15 is 0 Å². The van der Waals surface area contributed by atoms with Crippen molar-refractivity contribution in [1.29, 1.82) is 0 Å². The number of aryl methyl sites for hydroxylation is 2. The molecule has 3 amide bonds. The van der Waals surface area contributed by atoms with Crippen LogP contribution >= 0.6 is 11.6 Å². The third-order valence-electron chi connectivity index (χ3n) is 6.21. The van der Waals surface area contributed by atoms with E-state index < -0.39 is 35.6 Å². The van der Waals surface area contributed by atoms with Gasteiger partial charge in [0.05, 0.1) is 10.7 Å². The van der Waals surface area contributed by atoms with E-state index in [9.17, 15) is 19.5 Å². The first-order valence-corrected chi connectivity index (χ1v) is 13.8. The lowest BCUT2D eigenvalue weighted by Gasteiger charge is -2.34. The lowest BCUT2D eigenvalue weighted by atomic mass is 9.99. The van der Waals surface area contributed by atoms with Crippen LogP contribution in [0.2, 0.25) is 5.02 Å². The second-order valence-electron chi connectivity index (χ2n) is 10.8. The summed E-state index contributed by atoms with van der Waals surface area (Å²) in [7, 11) is 0. The molecule has 0 aromatic heterocycles. The van der Waals surface area contributed by atoms with E-state index in [0.29, 0.717) is 34.8 Å². The van der Waals surface area contributed by atoms with E-state index in [2.05, 4.69) is 17.6 Å². The third-order valence-corrected chi connectivity index (χ3v) is 6.52. The number of ether oxygens (including phenoxy) is 1. The van der Waals surface area contributed by atoms with Gasteiger partial charge in [0, 0.05) is 6.54 Å². The summed E-state index contributed by atoms with van der Waals surface area (Å²) in [4.78, 5) is 41.7.